The van der Waals surface area contributed by atoms with E-state index in [1.807, 2.05) is 0 Å². The first-order chi connectivity index (χ1) is 13.1. The number of hydrogen-bond donors (Lipinski definition) is 3. The van der Waals surface area contributed by atoms with E-state index in [1.165, 1.54) is 38.5 Å². The molecule has 0 amide bonds. The molecule has 1 aliphatic heterocycles. The third-order valence-corrected chi connectivity index (χ3v) is 7.96. The Bertz CT molecular complexity index is 450. The average molecular weight is 382 g/mol. The number of nitrogens with zero attached hydrogens (tertiary/aromatic N) is 1. The number of ether oxygens (including phenoxy) is 1. The molecule has 4 saturated carbocycles. The van der Waals surface area contributed by atoms with Crippen LogP contribution in [0.5, 0.6) is 0 Å². The molecule has 5 aliphatic rings. The Balaban J connectivity index is 1.10. The van der Waals surface area contributed by atoms with Gasteiger partial charge in [0, 0.05) is 13.2 Å². The van der Waals surface area contributed by atoms with Gasteiger partial charge in [-0.25, -0.2) is 0 Å². The van der Waals surface area contributed by atoms with Gasteiger partial charge < -0.3 is 20.1 Å². The van der Waals surface area contributed by atoms with Gasteiger partial charge in [-0.3, -0.25) is 4.90 Å². The standard InChI is InChI=1S/C22H39NO4/c24-14-19-21(26)20(25)4-6-23(19)5-2-1-3-7-27-15-22-11-16-8-17(12-22)10-18(9-16)13-22/h16-21,24-26H,1-15H2/t16?,17?,18?,19-,20-,21-,22?/m1/s1. The molecule has 156 valence electrons. The molecule has 0 spiro atoms. The minimum atomic E-state index is -0.827. The van der Waals surface area contributed by atoms with E-state index >= 15 is 0 Å². The zero-order valence-corrected chi connectivity index (χ0v) is 16.8. The van der Waals surface area contributed by atoms with Gasteiger partial charge in [0.25, 0.3) is 0 Å². The van der Waals surface area contributed by atoms with Crippen molar-refractivity contribution in [2.45, 2.75) is 82.5 Å². The van der Waals surface area contributed by atoms with E-state index in [9.17, 15) is 15.3 Å². The van der Waals surface area contributed by atoms with E-state index in [0.29, 0.717) is 11.8 Å². The molecule has 0 aromatic carbocycles. The quantitative estimate of drug-likeness (QED) is 0.534. The Labute approximate surface area is 164 Å². The Kier molecular flexibility index (Phi) is 6.44. The summed E-state index contributed by atoms with van der Waals surface area (Å²) < 4.78 is 6.16. The monoisotopic (exact) mass is 381 g/mol. The highest BCUT2D eigenvalue weighted by molar-refractivity contribution is 5.01. The molecule has 0 unspecified atom stereocenters. The van der Waals surface area contributed by atoms with Crippen molar-refractivity contribution in [2.24, 2.45) is 23.2 Å². The molecule has 5 rings (SSSR count). The summed E-state index contributed by atoms with van der Waals surface area (Å²) in [6.07, 6.45) is 11.1. The van der Waals surface area contributed by atoms with Crippen LogP contribution < -0.4 is 0 Å². The van der Waals surface area contributed by atoms with Gasteiger partial charge in [0.1, 0.15) is 0 Å². The van der Waals surface area contributed by atoms with Crippen molar-refractivity contribution in [1.82, 2.24) is 4.90 Å². The number of aliphatic hydroxyl groups excluding tert-OH is 3. The van der Waals surface area contributed by atoms with Crippen LogP contribution in [0.1, 0.15) is 64.2 Å². The first-order valence-corrected chi connectivity index (χ1v) is 11.4. The Morgan fingerprint density at radius 1 is 0.926 bits per heavy atom. The summed E-state index contributed by atoms with van der Waals surface area (Å²) in [5, 5.41) is 29.3. The van der Waals surface area contributed by atoms with Gasteiger partial charge in [-0.15, -0.1) is 0 Å². The molecule has 5 fully saturated rings. The minimum Gasteiger partial charge on any atom is -0.395 e. The first-order valence-electron chi connectivity index (χ1n) is 11.4. The van der Waals surface area contributed by atoms with Crippen LogP contribution in [0.15, 0.2) is 0 Å². The van der Waals surface area contributed by atoms with Crippen LogP contribution in [0.25, 0.3) is 0 Å². The third-order valence-electron chi connectivity index (χ3n) is 7.96. The smallest absolute Gasteiger partial charge is 0.0976 e. The van der Waals surface area contributed by atoms with Crippen LogP contribution in [0.2, 0.25) is 0 Å². The Morgan fingerprint density at radius 2 is 1.59 bits per heavy atom. The molecule has 0 radical (unpaired) electrons. The molecule has 3 N–H and O–H groups in total. The molecule has 1 heterocycles. The molecule has 3 atom stereocenters. The van der Waals surface area contributed by atoms with Gasteiger partial charge >= 0.3 is 0 Å². The van der Waals surface area contributed by atoms with Gasteiger partial charge in [0.2, 0.25) is 0 Å². The number of unbranched alkanes of at least 4 members (excludes halogenated alkanes) is 2. The summed E-state index contributed by atoms with van der Waals surface area (Å²) in [6.45, 7) is 3.40. The number of aliphatic hydroxyl groups is 3. The Morgan fingerprint density at radius 3 is 2.22 bits per heavy atom. The van der Waals surface area contributed by atoms with Gasteiger partial charge in [-0.1, -0.05) is 0 Å². The van der Waals surface area contributed by atoms with Crippen molar-refractivity contribution in [2.75, 3.05) is 32.9 Å². The Hall–Kier alpha value is -0.200. The van der Waals surface area contributed by atoms with Crippen LogP contribution in [0, 0.1) is 23.2 Å². The fraction of sp³-hybridized carbons (Fsp3) is 1.00. The maximum absolute atomic E-state index is 10.0. The van der Waals surface area contributed by atoms with Crippen LogP contribution in [0.3, 0.4) is 0 Å². The van der Waals surface area contributed by atoms with Crippen LogP contribution >= 0.6 is 0 Å². The number of rotatable bonds is 9. The van der Waals surface area contributed by atoms with Crippen LogP contribution in [-0.2, 0) is 4.74 Å². The lowest BCUT2D eigenvalue weighted by Crippen LogP contribution is -2.56. The third kappa shape index (κ3) is 4.53. The summed E-state index contributed by atoms with van der Waals surface area (Å²) in [5.74, 6) is 2.99. The highest BCUT2D eigenvalue weighted by Crippen LogP contribution is 2.60. The lowest BCUT2D eigenvalue weighted by atomic mass is 9.50. The topological polar surface area (TPSA) is 73.2 Å². The highest BCUT2D eigenvalue weighted by Gasteiger charge is 2.50. The van der Waals surface area contributed by atoms with Gasteiger partial charge in [0.05, 0.1) is 31.5 Å². The van der Waals surface area contributed by atoms with Crippen molar-refractivity contribution >= 4 is 0 Å². The molecule has 0 aromatic heterocycles. The van der Waals surface area contributed by atoms with Crippen molar-refractivity contribution < 1.29 is 20.1 Å². The molecule has 1 saturated heterocycles. The summed E-state index contributed by atoms with van der Waals surface area (Å²) in [4.78, 5) is 2.13. The highest BCUT2D eigenvalue weighted by atomic mass is 16.5. The van der Waals surface area contributed by atoms with Crippen molar-refractivity contribution in [3.05, 3.63) is 0 Å². The molecule has 0 aromatic rings. The maximum atomic E-state index is 10.0. The van der Waals surface area contributed by atoms with Crippen LogP contribution in [0.4, 0.5) is 0 Å². The van der Waals surface area contributed by atoms with Crippen molar-refractivity contribution in [3.8, 4) is 0 Å². The second-order valence-corrected chi connectivity index (χ2v) is 10.2. The molecule has 4 aliphatic carbocycles. The fourth-order valence-corrected chi connectivity index (χ4v) is 7.06. The van der Waals surface area contributed by atoms with Gasteiger partial charge in [-0.2, -0.15) is 0 Å². The van der Waals surface area contributed by atoms with Crippen LogP contribution in [-0.4, -0.2) is 71.4 Å². The minimum absolute atomic E-state index is 0.0909. The summed E-state index contributed by atoms with van der Waals surface area (Å²) in [6, 6.07) is -0.318. The van der Waals surface area contributed by atoms with E-state index < -0.39 is 12.2 Å². The molecular weight excluding hydrogens is 342 g/mol. The van der Waals surface area contributed by atoms with Gasteiger partial charge in [0.15, 0.2) is 0 Å². The second kappa shape index (κ2) is 8.66. The second-order valence-electron chi connectivity index (χ2n) is 10.2. The lowest BCUT2D eigenvalue weighted by molar-refractivity contribution is -0.0970. The normalized spacial score (nSPS) is 44.1. The van der Waals surface area contributed by atoms with Crippen molar-refractivity contribution in [1.29, 1.82) is 0 Å². The summed E-state index contributed by atoms with van der Waals surface area (Å²) in [7, 11) is 0. The van der Waals surface area contributed by atoms with Gasteiger partial charge in [-0.05, 0) is 93.9 Å². The number of piperidine rings is 1. The van der Waals surface area contributed by atoms with E-state index in [1.54, 1.807) is 0 Å². The zero-order chi connectivity index (χ0) is 18.9. The molecule has 5 nitrogen and oxygen atoms in total. The predicted octanol–water partition coefficient (Wildman–Crippen LogP) is 2.18. The summed E-state index contributed by atoms with van der Waals surface area (Å²) in [5.41, 5.74) is 0.522. The largest absolute Gasteiger partial charge is 0.395 e. The number of likely N-dealkylation sites (tertiary alicyclic amines) is 1. The fourth-order valence-electron chi connectivity index (χ4n) is 7.06. The molecule has 27 heavy (non-hydrogen) atoms. The maximum Gasteiger partial charge on any atom is 0.0976 e. The molecular formula is C22H39NO4. The van der Waals surface area contributed by atoms with E-state index in [0.717, 1.165) is 63.3 Å². The molecule has 4 bridgehead atoms. The zero-order valence-electron chi connectivity index (χ0n) is 16.8. The number of hydrogen-bond acceptors (Lipinski definition) is 5. The summed E-state index contributed by atoms with van der Waals surface area (Å²) >= 11 is 0. The predicted molar refractivity (Wildman–Crippen MR) is 104 cm³/mol. The van der Waals surface area contributed by atoms with E-state index in [-0.39, 0.29) is 12.6 Å². The average Bonchev–Trinajstić information content (AvgIpc) is 2.62. The SMILES string of the molecule is OC[C@@H]1[C@@H](O)[C@H](O)CCN1CCCCCOCC12CC3CC(CC(C3)C1)C2. The van der Waals surface area contributed by atoms with Crippen molar-refractivity contribution in [3.63, 3.8) is 0 Å². The van der Waals surface area contributed by atoms with E-state index in [4.69, 9.17) is 4.74 Å². The van der Waals surface area contributed by atoms with E-state index in [2.05, 4.69) is 4.90 Å². The first kappa shape index (κ1) is 20.1. The molecule has 5 heteroatoms. The lowest BCUT2D eigenvalue weighted by Gasteiger charge is -2.56.